The van der Waals surface area contributed by atoms with Gasteiger partial charge in [0.2, 0.25) is 0 Å². The molecule has 122 valence electrons. The third-order valence-electron chi connectivity index (χ3n) is 4.00. The first-order valence-corrected chi connectivity index (χ1v) is 8.27. The first kappa shape index (κ1) is 15.3. The lowest BCUT2D eigenvalue weighted by molar-refractivity contribution is 0.738. The van der Waals surface area contributed by atoms with Crippen molar-refractivity contribution in [3.8, 4) is 23.0 Å². The van der Waals surface area contributed by atoms with Gasteiger partial charge in [0.05, 0.1) is 0 Å². The molecule has 0 bridgehead atoms. The van der Waals surface area contributed by atoms with Crippen LogP contribution < -0.4 is 0 Å². The summed E-state index contributed by atoms with van der Waals surface area (Å²) in [5.74, 6) is 2.30. The Hall–Kier alpha value is -3.21. The van der Waals surface area contributed by atoms with Gasteiger partial charge in [0.1, 0.15) is 11.4 Å². The van der Waals surface area contributed by atoms with E-state index in [2.05, 4.69) is 50.1 Å². The van der Waals surface area contributed by atoms with Crippen LogP contribution in [0, 0.1) is 5.92 Å². The Morgan fingerprint density at radius 2 is 1.40 bits per heavy atom. The zero-order valence-corrected chi connectivity index (χ0v) is 13.9. The lowest BCUT2D eigenvalue weighted by atomic mass is 9.98. The molecular formula is C20H17N5. The van der Waals surface area contributed by atoms with Crippen molar-refractivity contribution in [3.05, 3.63) is 72.8 Å². The van der Waals surface area contributed by atoms with E-state index < -0.39 is 0 Å². The highest BCUT2D eigenvalue weighted by Gasteiger charge is 2.15. The molecule has 0 aliphatic heterocycles. The minimum atomic E-state index is 0.538. The van der Waals surface area contributed by atoms with Crippen LogP contribution in [-0.2, 0) is 0 Å². The van der Waals surface area contributed by atoms with E-state index in [1.54, 1.807) is 12.4 Å². The van der Waals surface area contributed by atoms with Gasteiger partial charge in [-0.05, 0) is 36.6 Å². The van der Waals surface area contributed by atoms with Crippen LogP contribution in [0.15, 0.2) is 67.0 Å². The van der Waals surface area contributed by atoms with E-state index in [9.17, 15) is 0 Å². The van der Waals surface area contributed by atoms with Crippen molar-refractivity contribution in [1.82, 2.24) is 24.9 Å². The standard InChI is InChI=1S/C20H17N5/c1-14-8-10-15(11-9-14)18-23-19(16-6-2-4-12-21-16)25-20(24-18)17-7-3-5-13-22-17/h2-8,10-14H,9H2,1H3. The third kappa shape index (κ3) is 3.35. The van der Waals surface area contributed by atoms with Crippen molar-refractivity contribution < 1.29 is 0 Å². The second kappa shape index (κ2) is 6.73. The maximum atomic E-state index is 4.65. The topological polar surface area (TPSA) is 64.5 Å². The van der Waals surface area contributed by atoms with Gasteiger partial charge in [0.25, 0.3) is 0 Å². The summed E-state index contributed by atoms with van der Waals surface area (Å²) in [4.78, 5) is 22.6. The van der Waals surface area contributed by atoms with Gasteiger partial charge in [-0.25, -0.2) is 15.0 Å². The number of nitrogens with zero attached hydrogens (tertiary/aromatic N) is 5. The van der Waals surface area contributed by atoms with Gasteiger partial charge in [-0.3, -0.25) is 9.97 Å². The zero-order chi connectivity index (χ0) is 17.1. The molecule has 1 atom stereocenters. The average molecular weight is 327 g/mol. The predicted octanol–water partition coefficient (Wildman–Crippen LogP) is 3.98. The van der Waals surface area contributed by atoms with Crippen LogP contribution in [0.2, 0.25) is 0 Å². The van der Waals surface area contributed by atoms with E-state index in [4.69, 9.17) is 0 Å². The first-order chi connectivity index (χ1) is 12.3. The second-order valence-electron chi connectivity index (χ2n) is 5.97. The number of pyridine rings is 2. The van der Waals surface area contributed by atoms with Gasteiger partial charge in [-0.2, -0.15) is 0 Å². The van der Waals surface area contributed by atoms with Gasteiger partial charge < -0.3 is 0 Å². The molecular weight excluding hydrogens is 310 g/mol. The van der Waals surface area contributed by atoms with Crippen LogP contribution in [0.5, 0.6) is 0 Å². The molecule has 1 unspecified atom stereocenters. The van der Waals surface area contributed by atoms with Crippen molar-refractivity contribution in [1.29, 1.82) is 0 Å². The molecule has 0 N–H and O–H groups in total. The Labute approximate surface area is 146 Å². The molecule has 0 amide bonds. The second-order valence-corrected chi connectivity index (χ2v) is 5.97. The predicted molar refractivity (Wildman–Crippen MR) is 97.2 cm³/mol. The van der Waals surface area contributed by atoms with Gasteiger partial charge in [0.15, 0.2) is 17.5 Å². The highest BCUT2D eigenvalue weighted by Crippen LogP contribution is 2.25. The minimum Gasteiger partial charge on any atom is -0.253 e. The average Bonchev–Trinajstić information content (AvgIpc) is 2.69. The van der Waals surface area contributed by atoms with Crippen molar-refractivity contribution in [2.24, 2.45) is 5.92 Å². The summed E-state index contributed by atoms with van der Waals surface area (Å²) in [6, 6.07) is 11.4. The van der Waals surface area contributed by atoms with E-state index in [-0.39, 0.29) is 0 Å². The molecule has 1 aliphatic carbocycles. The van der Waals surface area contributed by atoms with E-state index >= 15 is 0 Å². The van der Waals surface area contributed by atoms with Crippen LogP contribution in [0.25, 0.3) is 28.6 Å². The maximum Gasteiger partial charge on any atom is 0.182 e. The normalized spacial score (nSPS) is 16.5. The maximum absolute atomic E-state index is 4.65. The number of hydrogen-bond acceptors (Lipinski definition) is 5. The van der Waals surface area contributed by atoms with E-state index in [0.717, 1.165) is 23.4 Å². The fourth-order valence-corrected chi connectivity index (χ4v) is 2.62. The summed E-state index contributed by atoms with van der Waals surface area (Å²) in [5.41, 5.74) is 2.45. The van der Waals surface area contributed by atoms with Gasteiger partial charge in [-0.1, -0.05) is 37.3 Å². The molecule has 0 spiro atoms. The van der Waals surface area contributed by atoms with Gasteiger partial charge in [-0.15, -0.1) is 0 Å². The molecule has 0 saturated heterocycles. The smallest absolute Gasteiger partial charge is 0.182 e. The van der Waals surface area contributed by atoms with E-state index in [1.165, 1.54) is 0 Å². The van der Waals surface area contributed by atoms with Crippen molar-refractivity contribution in [3.63, 3.8) is 0 Å². The third-order valence-corrected chi connectivity index (χ3v) is 4.00. The fourth-order valence-electron chi connectivity index (χ4n) is 2.62. The van der Waals surface area contributed by atoms with Crippen LogP contribution in [0.1, 0.15) is 19.2 Å². The molecule has 0 fully saturated rings. The zero-order valence-electron chi connectivity index (χ0n) is 13.9. The van der Waals surface area contributed by atoms with Crippen LogP contribution in [0.3, 0.4) is 0 Å². The molecule has 25 heavy (non-hydrogen) atoms. The number of aromatic nitrogens is 5. The lowest BCUT2D eigenvalue weighted by Gasteiger charge is -2.12. The Balaban J connectivity index is 1.85. The molecule has 3 heterocycles. The monoisotopic (exact) mass is 327 g/mol. The number of hydrogen-bond donors (Lipinski definition) is 0. The molecule has 0 aromatic carbocycles. The molecule has 3 aromatic heterocycles. The number of rotatable bonds is 3. The Bertz CT molecular complexity index is 875. The van der Waals surface area contributed by atoms with Crippen molar-refractivity contribution in [2.45, 2.75) is 13.3 Å². The highest BCUT2D eigenvalue weighted by molar-refractivity contribution is 5.72. The number of allylic oxidation sites excluding steroid dienone is 4. The molecule has 3 aromatic rings. The van der Waals surface area contributed by atoms with Crippen LogP contribution in [-0.4, -0.2) is 24.9 Å². The quantitative estimate of drug-likeness (QED) is 0.728. The molecule has 0 saturated carbocycles. The summed E-state index contributed by atoms with van der Waals surface area (Å²) in [6.45, 7) is 2.19. The van der Waals surface area contributed by atoms with Crippen LogP contribution >= 0.6 is 0 Å². The minimum absolute atomic E-state index is 0.538. The highest BCUT2D eigenvalue weighted by atomic mass is 15.1. The largest absolute Gasteiger partial charge is 0.253 e. The summed E-state index contributed by atoms with van der Waals surface area (Å²) in [7, 11) is 0. The summed E-state index contributed by atoms with van der Waals surface area (Å²) in [5, 5.41) is 0. The SMILES string of the molecule is CC1C=CC(c2nc(-c3ccccn3)nc(-c3ccccn3)n2)=CC1. The van der Waals surface area contributed by atoms with Gasteiger partial charge >= 0.3 is 0 Å². The first-order valence-electron chi connectivity index (χ1n) is 8.27. The summed E-state index contributed by atoms with van der Waals surface area (Å²) in [6.07, 6.45) is 10.9. The summed E-state index contributed by atoms with van der Waals surface area (Å²) < 4.78 is 0. The van der Waals surface area contributed by atoms with Crippen LogP contribution in [0.4, 0.5) is 0 Å². The fraction of sp³-hybridized carbons (Fsp3) is 0.150. The molecule has 5 heteroatoms. The van der Waals surface area contributed by atoms with Crippen molar-refractivity contribution in [2.75, 3.05) is 0 Å². The Morgan fingerprint density at radius 1 is 0.800 bits per heavy atom. The Morgan fingerprint density at radius 3 is 1.88 bits per heavy atom. The molecule has 4 rings (SSSR count). The summed E-state index contributed by atoms with van der Waals surface area (Å²) >= 11 is 0. The van der Waals surface area contributed by atoms with Crippen molar-refractivity contribution >= 4 is 5.57 Å². The van der Waals surface area contributed by atoms with E-state index in [0.29, 0.717) is 23.4 Å². The molecule has 5 nitrogen and oxygen atoms in total. The molecule has 1 aliphatic rings. The molecule has 0 radical (unpaired) electrons. The lowest BCUT2D eigenvalue weighted by Crippen LogP contribution is -2.05. The van der Waals surface area contributed by atoms with Gasteiger partial charge in [0, 0.05) is 18.0 Å². The van der Waals surface area contributed by atoms with E-state index in [1.807, 2.05) is 36.4 Å². The Kier molecular flexibility index (Phi) is 4.12.